The van der Waals surface area contributed by atoms with Crippen molar-refractivity contribution in [3.63, 3.8) is 0 Å². The fourth-order valence-corrected chi connectivity index (χ4v) is 4.43. The van der Waals surface area contributed by atoms with E-state index in [1.54, 1.807) is 91.0 Å². The van der Waals surface area contributed by atoms with Gasteiger partial charge in [0.2, 0.25) is 5.75 Å². The van der Waals surface area contributed by atoms with Crippen LogP contribution in [0.2, 0.25) is 5.02 Å². The van der Waals surface area contributed by atoms with Gasteiger partial charge in [-0.2, -0.15) is 9.78 Å². The molecular weight excluding hydrogens is 570 g/mol. The molecule has 216 valence electrons. The van der Waals surface area contributed by atoms with Crippen LogP contribution in [0.15, 0.2) is 101 Å². The van der Waals surface area contributed by atoms with E-state index >= 15 is 0 Å². The molecule has 0 bridgehead atoms. The summed E-state index contributed by atoms with van der Waals surface area (Å²) in [5.74, 6) is 1.08. The quantitative estimate of drug-likeness (QED) is 0.0860. The van der Waals surface area contributed by atoms with Crippen LogP contribution in [-0.2, 0) is 4.79 Å². The highest BCUT2D eigenvalue weighted by molar-refractivity contribution is 6.30. The van der Waals surface area contributed by atoms with Crippen molar-refractivity contribution in [1.29, 1.82) is 0 Å². The Hall–Kier alpha value is -5.41. The number of ether oxygens (including phenoxy) is 4. The summed E-state index contributed by atoms with van der Waals surface area (Å²) in [5.41, 5.74) is 1.85. The molecule has 5 aromatic rings. The van der Waals surface area contributed by atoms with E-state index < -0.39 is 11.5 Å². The number of carbonyl (C=O) groups is 1. The molecule has 0 aliphatic rings. The van der Waals surface area contributed by atoms with Gasteiger partial charge in [-0.1, -0.05) is 48.0 Å². The Balaban J connectivity index is 1.55. The monoisotopic (exact) mass is 595 g/mol. The number of hydrogen-bond donors (Lipinski definition) is 0. The van der Waals surface area contributed by atoms with Gasteiger partial charge in [0.1, 0.15) is 5.75 Å². The molecule has 10 heteroatoms. The van der Waals surface area contributed by atoms with Crippen LogP contribution in [0.1, 0.15) is 11.1 Å². The molecule has 5 rings (SSSR count). The molecule has 43 heavy (non-hydrogen) atoms. The first-order valence-electron chi connectivity index (χ1n) is 13.0. The third-order valence-corrected chi connectivity index (χ3v) is 6.65. The lowest BCUT2D eigenvalue weighted by Crippen LogP contribution is -2.20. The highest BCUT2D eigenvalue weighted by Crippen LogP contribution is 2.40. The first-order chi connectivity index (χ1) is 20.9. The summed E-state index contributed by atoms with van der Waals surface area (Å²) in [6.45, 7) is 0. The molecule has 1 aromatic heterocycles. The number of fused-ring (bicyclic) bond motifs is 1. The third-order valence-electron chi connectivity index (χ3n) is 6.40. The first-order valence-corrected chi connectivity index (χ1v) is 13.4. The van der Waals surface area contributed by atoms with Gasteiger partial charge in [-0.25, -0.2) is 9.78 Å². The van der Waals surface area contributed by atoms with Gasteiger partial charge in [0.15, 0.2) is 17.3 Å². The number of methoxy groups -OCH3 is 3. The van der Waals surface area contributed by atoms with E-state index in [1.807, 2.05) is 0 Å². The Kier molecular flexibility index (Phi) is 8.83. The maximum atomic E-state index is 13.7. The van der Waals surface area contributed by atoms with Crippen molar-refractivity contribution >= 4 is 40.8 Å². The molecule has 9 nitrogen and oxygen atoms in total. The molecule has 0 amide bonds. The zero-order valence-corrected chi connectivity index (χ0v) is 24.2. The van der Waals surface area contributed by atoms with Crippen LogP contribution in [0.4, 0.5) is 0 Å². The molecule has 0 spiro atoms. The number of halogens is 1. The summed E-state index contributed by atoms with van der Waals surface area (Å²) in [5, 5.41) is 5.48. The van der Waals surface area contributed by atoms with Crippen LogP contribution >= 0.6 is 11.6 Å². The number of rotatable bonds is 9. The molecule has 0 aliphatic heterocycles. The van der Waals surface area contributed by atoms with E-state index in [9.17, 15) is 9.59 Å². The van der Waals surface area contributed by atoms with Gasteiger partial charge in [-0.15, -0.1) is 0 Å². The van der Waals surface area contributed by atoms with Crippen molar-refractivity contribution in [2.45, 2.75) is 0 Å². The minimum absolute atomic E-state index is 0.236. The van der Waals surface area contributed by atoms with Crippen LogP contribution in [-0.4, -0.2) is 43.2 Å². The zero-order valence-electron chi connectivity index (χ0n) is 23.5. The summed E-state index contributed by atoms with van der Waals surface area (Å²) >= 11 is 5.93. The Bertz CT molecular complexity index is 1890. The predicted molar refractivity (Wildman–Crippen MR) is 167 cm³/mol. The molecular formula is C33H26ClN3O6. The highest BCUT2D eigenvalue weighted by Gasteiger charge is 2.19. The van der Waals surface area contributed by atoms with Gasteiger partial charge < -0.3 is 18.9 Å². The summed E-state index contributed by atoms with van der Waals surface area (Å²) in [7, 11) is 4.51. The minimum Gasteiger partial charge on any atom is -0.493 e. The Morgan fingerprint density at radius 2 is 1.53 bits per heavy atom. The normalized spacial score (nSPS) is 11.3. The molecule has 1 heterocycles. The number of aromatic nitrogens is 2. The van der Waals surface area contributed by atoms with Gasteiger partial charge in [0, 0.05) is 22.2 Å². The number of carbonyl (C=O) groups excluding carboxylic acids is 1. The lowest BCUT2D eigenvalue weighted by molar-refractivity contribution is -0.128. The fourth-order valence-electron chi connectivity index (χ4n) is 4.31. The molecule has 4 aromatic carbocycles. The summed E-state index contributed by atoms with van der Waals surface area (Å²) in [6.07, 6.45) is 4.38. The van der Waals surface area contributed by atoms with Crippen molar-refractivity contribution in [1.82, 2.24) is 9.66 Å². The Morgan fingerprint density at radius 3 is 2.23 bits per heavy atom. The lowest BCUT2D eigenvalue weighted by Gasteiger charge is -2.15. The number of hydrogen-bond acceptors (Lipinski definition) is 8. The van der Waals surface area contributed by atoms with Crippen molar-refractivity contribution in [3.05, 3.63) is 118 Å². The Labute approximate surface area is 252 Å². The zero-order chi connectivity index (χ0) is 30.3. The smallest absolute Gasteiger partial charge is 0.336 e. The standard InChI is InChI=1S/C33H26ClN3O6/c1-40-28-18-23(19-29(41-2)31(28)42-3)32-36-26-10-6-5-9-25(26)33(39)37(32)35-20-22-8-4-7-11-27(22)43-30(38)17-14-21-12-15-24(34)16-13-21/h4-20H,1-3H3/b17-14+,35-20?. The number of nitrogens with zero attached hydrogens (tertiary/aromatic N) is 3. The molecule has 0 saturated heterocycles. The summed E-state index contributed by atoms with van der Waals surface area (Å²) in [6, 6.07) is 24.2. The Morgan fingerprint density at radius 1 is 0.860 bits per heavy atom. The van der Waals surface area contributed by atoms with Gasteiger partial charge >= 0.3 is 5.97 Å². The van der Waals surface area contributed by atoms with Crippen molar-refractivity contribution in [3.8, 4) is 34.4 Å². The molecule has 0 saturated carbocycles. The summed E-state index contributed by atoms with van der Waals surface area (Å²) in [4.78, 5) is 31.1. The van der Waals surface area contributed by atoms with Crippen molar-refractivity contribution < 1.29 is 23.7 Å². The maximum absolute atomic E-state index is 13.7. The van der Waals surface area contributed by atoms with Gasteiger partial charge in [-0.05, 0) is 60.2 Å². The van der Waals surface area contributed by atoms with Crippen LogP contribution in [0.3, 0.4) is 0 Å². The second-order valence-corrected chi connectivity index (χ2v) is 9.51. The molecule has 0 fully saturated rings. The fraction of sp³-hybridized carbons (Fsp3) is 0.0909. The SMILES string of the molecule is COc1cc(-c2nc3ccccc3c(=O)n2N=Cc2ccccc2OC(=O)/C=C/c2ccc(Cl)cc2)cc(OC)c1OC. The third kappa shape index (κ3) is 6.42. The maximum Gasteiger partial charge on any atom is 0.336 e. The van der Waals surface area contributed by atoms with Crippen LogP contribution in [0, 0.1) is 0 Å². The first kappa shape index (κ1) is 29.1. The van der Waals surface area contributed by atoms with Crippen molar-refractivity contribution in [2.24, 2.45) is 5.10 Å². The molecule has 0 atom stereocenters. The van der Waals surface area contributed by atoms with Crippen LogP contribution in [0.25, 0.3) is 28.4 Å². The van der Waals surface area contributed by atoms with E-state index in [-0.39, 0.29) is 11.6 Å². The average Bonchev–Trinajstić information content (AvgIpc) is 3.03. The van der Waals surface area contributed by atoms with E-state index in [4.69, 9.17) is 35.5 Å². The van der Waals surface area contributed by atoms with Gasteiger partial charge in [0.25, 0.3) is 5.56 Å². The predicted octanol–water partition coefficient (Wildman–Crippen LogP) is 6.24. The van der Waals surface area contributed by atoms with Gasteiger partial charge in [-0.3, -0.25) is 4.79 Å². The van der Waals surface area contributed by atoms with E-state index in [1.165, 1.54) is 38.3 Å². The second-order valence-electron chi connectivity index (χ2n) is 9.07. The lowest BCUT2D eigenvalue weighted by atomic mass is 10.1. The van der Waals surface area contributed by atoms with Gasteiger partial charge in [0.05, 0.1) is 38.4 Å². The summed E-state index contributed by atoms with van der Waals surface area (Å²) < 4.78 is 23.3. The van der Waals surface area contributed by atoms with Crippen molar-refractivity contribution in [2.75, 3.05) is 21.3 Å². The average molecular weight is 596 g/mol. The van der Waals surface area contributed by atoms with Crippen LogP contribution in [0.5, 0.6) is 23.0 Å². The molecule has 0 N–H and O–H groups in total. The number of benzene rings is 4. The molecule has 0 aliphatic carbocycles. The largest absolute Gasteiger partial charge is 0.493 e. The molecule has 0 unspecified atom stereocenters. The second kappa shape index (κ2) is 13.1. The van der Waals surface area contributed by atoms with Crippen LogP contribution < -0.4 is 24.5 Å². The van der Waals surface area contributed by atoms with E-state index in [0.29, 0.717) is 44.3 Å². The van der Waals surface area contributed by atoms with E-state index in [0.717, 1.165) is 5.56 Å². The topological polar surface area (TPSA) is 101 Å². The molecule has 0 radical (unpaired) electrons. The van der Waals surface area contributed by atoms with E-state index in [2.05, 4.69) is 5.10 Å². The highest BCUT2D eigenvalue weighted by atomic mass is 35.5. The number of esters is 1. The number of para-hydroxylation sites is 2. The minimum atomic E-state index is -0.585.